The van der Waals surface area contributed by atoms with Gasteiger partial charge < -0.3 is 4.43 Å². The highest BCUT2D eigenvalue weighted by molar-refractivity contribution is 7.17. The number of carbonyl (C=O) groups excluding carboxylic acids is 1. The van der Waals surface area contributed by atoms with Gasteiger partial charge in [-0.05, 0) is 38.7 Å². The van der Waals surface area contributed by atoms with Gasteiger partial charge in [-0.15, -0.1) is 11.3 Å². The van der Waals surface area contributed by atoms with Gasteiger partial charge in [0, 0.05) is 6.20 Å². The van der Waals surface area contributed by atoms with Crippen LogP contribution in [0.5, 0.6) is 0 Å². The summed E-state index contributed by atoms with van der Waals surface area (Å²) < 4.78 is 5.50. The molecule has 0 saturated heterocycles. The van der Waals surface area contributed by atoms with E-state index in [0.717, 1.165) is 10.7 Å². The van der Waals surface area contributed by atoms with Gasteiger partial charge in [-0.25, -0.2) is 9.78 Å². The SMILES string of the molecule is Cc1nc(-c2ccccn2)sc1C(=O)O[Si](C)(C)C. The molecule has 0 aromatic carbocycles. The van der Waals surface area contributed by atoms with Crippen LogP contribution in [0.15, 0.2) is 24.4 Å². The van der Waals surface area contributed by atoms with Crippen LogP contribution in [0, 0.1) is 6.92 Å². The molecule has 0 aliphatic carbocycles. The summed E-state index contributed by atoms with van der Waals surface area (Å²) in [5.41, 5.74) is 1.48. The molecule has 0 amide bonds. The van der Waals surface area contributed by atoms with Gasteiger partial charge in [-0.1, -0.05) is 6.07 Å². The third kappa shape index (κ3) is 3.48. The van der Waals surface area contributed by atoms with Crippen LogP contribution in [-0.2, 0) is 4.43 Å². The summed E-state index contributed by atoms with van der Waals surface area (Å²) in [4.78, 5) is 21.3. The second kappa shape index (κ2) is 5.22. The smallest absolute Gasteiger partial charge is 0.336 e. The Morgan fingerprint density at radius 3 is 2.63 bits per heavy atom. The van der Waals surface area contributed by atoms with Gasteiger partial charge in [-0.3, -0.25) is 4.98 Å². The summed E-state index contributed by atoms with van der Waals surface area (Å²) in [5.74, 6) is -0.267. The van der Waals surface area contributed by atoms with E-state index in [1.165, 1.54) is 11.3 Å². The van der Waals surface area contributed by atoms with Crippen molar-refractivity contribution in [2.75, 3.05) is 0 Å². The number of aromatic nitrogens is 2. The van der Waals surface area contributed by atoms with Crippen molar-refractivity contribution in [3.63, 3.8) is 0 Å². The van der Waals surface area contributed by atoms with E-state index in [0.29, 0.717) is 10.6 Å². The minimum absolute atomic E-state index is 0.267. The highest BCUT2D eigenvalue weighted by atomic mass is 32.1. The Bertz CT molecular complexity index is 590. The van der Waals surface area contributed by atoms with Gasteiger partial charge in [0.2, 0.25) is 8.32 Å². The van der Waals surface area contributed by atoms with Crippen LogP contribution in [0.3, 0.4) is 0 Å². The van der Waals surface area contributed by atoms with E-state index in [2.05, 4.69) is 9.97 Å². The maximum Gasteiger partial charge on any atom is 0.336 e. The lowest BCUT2D eigenvalue weighted by Crippen LogP contribution is -2.29. The summed E-state index contributed by atoms with van der Waals surface area (Å²) >= 11 is 1.34. The van der Waals surface area contributed by atoms with Crippen LogP contribution >= 0.6 is 11.3 Å². The normalized spacial score (nSPS) is 11.4. The monoisotopic (exact) mass is 292 g/mol. The van der Waals surface area contributed by atoms with E-state index < -0.39 is 8.32 Å². The molecule has 2 aromatic heterocycles. The minimum Gasteiger partial charge on any atom is -0.516 e. The molecule has 0 spiro atoms. The fourth-order valence-electron chi connectivity index (χ4n) is 1.51. The van der Waals surface area contributed by atoms with Gasteiger partial charge >= 0.3 is 5.97 Å². The largest absolute Gasteiger partial charge is 0.516 e. The van der Waals surface area contributed by atoms with E-state index >= 15 is 0 Å². The Morgan fingerprint density at radius 2 is 2.05 bits per heavy atom. The van der Waals surface area contributed by atoms with Crippen molar-refractivity contribution >= 4 is 25.6 Å². The highest BCUT2D eigenvalue weighted by Crippen LogP contribution is 2.27. The Labute approximate surface area is 117 Å². The van der Waals surface area contributed by atoms with E-state index in [1.807, 2.05) is 44.8 Å². The highest BCUT2D eigenvalue weighted by Gasteiger charge is 2.24. The van der Waals surface area contributed by atoms with Crippen LogP contribution in [0.2, 0.25) is 19.6 Å². The molecule has 2 aromatic rings. The quantitative estimate of drug-likeness (QED) is 0.812. The minimum atomic E-state index is -1.88. The standard InChI is InChI=1S/C13H16N2O2SSi/c1-9-11(13(16)17-19(2,3)4)18-12(15-9)10-7-5-6-8-14-10/h5-8H,1-4H3. The molecule has 0 unspecified atom stereocenters. The molecule has 0 aliphatic heterocycles. The van der Waals surface area contributed by atoms with Crippen LogP contribution in [0.1, 0.15) is 15.4 Å². The average Bonchev–Trinajstić information content (AvgIpc) is 2.70. The topological polar surface area (TPSA) is 52.1 Å². The molecule has 0 bridgehead atoms. The first-order valence-electron chi connectivity index (χ1n) is 5.99. The number of carbonyl (C=O) groups is 1. The number of rotatable bonds is 3. The Morgan fingerprint density at radius 1 is 1.32 bits per heavy atom. The molecule has 19 heavy (non-hydrogen) atoms. The van der Waals surface area contributed by atoms with E-state index in [-0.39, 0.29) is 5.97 Å². The van der Waals surface area contributed by atoms with Crippen LogP contribution in [-0.4, -0.2) is 24.3 Å². The number of hydrogen-bond acceptors (Lipinski definition) is 5. The van der Waals surface area contributed by atoms with Gasteiger partial charge in [0.1, 0.15) is 9.88 Å². The molecule has 2 heterocycles. The van der Waals surface area contributed by atoms with Crippen LogP contribution < -0.4 is 0 Å². The molecular weight excluding hydrogens is 276 g/mol. The van der Waals surface area contributed by atoms with Crippen molar-refractivity contribution in [1.82, 2.24) is 9.97 Å². The lowest BCUT2D eigenvalue weighted by Gasteiger charge is -2.16. The van der Waals surface area contributed by atoms with E-state index in [4.69, 9.17) is 4.43 Å². The molecule has 0 atom stereocenters. The van der Waals surface area contributed by atoms with Gasteiger partial charge in [0.25, 0.3) is 0 Å². The molecular formula is C13H16N2O2SSi. The first kappa shape index (κ1) is 13.9. The Hall–Kier alpha value is -1.53. The predicted molar refractivity (Wildman–Crippen MR) is 78.8 cm³/mol. The number of pyridine rings is 1. The lowest BCUT2D eigenvalue weighted by molar-refractivity contribution is 0.0729. The maximum absolute atomic E-state index is 12.1. The molecule has 0 aliphatic rings. The third-order valence-electron chi connectivity index (χ3n) is 2.26. The van der Waals surface area contributed by atoms with Gasteiger partial charge in [-0.2, -0.15) is 0 Å². The number of hydrogen-bond donors (Lipinski definition) is 0. The van der Waals surface area contributed by atoms with Crippen LogP contribution in [0.25, 0.3) is 10.7 Å². The van der Waals surface area contributed by atoms with Gasteiger partial charge in [0.15, 0.2) is 0 Å². The molecule has 0 radical (unpaired) electrons. The summed E-state index contributed by atoms with van der Waals surface area (Å²) in [5, 5.41) is 0.751. The van der Waals surface area contributed by atoms with Crippen molar-refractivity contribution < 1.29 is 9.22 Å². The van der Waals surface area contributed by atoms with Crippen LogP contribution in [0.4, 0.5) is 0 Å². The number of thiazole rings is 1. The predicted octanol–water partition coefficient (Wildman–Crippen LogP) is 3.51. The Kier molecular flexibility index (Phi) is 3.82. The number of aryl methyl sites for hydroxylation is 1. The zero-order valence-electron chi connectivity index (χ0n) is 11.4. The molecule has 100 valence electrons. The fourth-order valence-corrected chi connectivity index (χ4v) is 3.16. The first-order valence-corrected chi connectivity index (χ1v) is 10.2. The zero-order valence-corrected chi connectivity index (χ0v) is 13.2. The second-order valence-electron chi connectivity index (χ2n) is 5.15. The molecule has 6 heteroatoms. The molecule has 0 N–H and O–H groups in total. The van der Waals surface area contributed by atoms with Crippen molar-refractivity contribution in [3.8, 4) is 10.7 Å². The van der Waals surface area contributed by atoms with E-state index in [9.17, 15) is 4.79 Å². The molecule has 0 saturated carbocycles. The van der Waals surface area contributed by atoms with Crippen molar-refractivity contribution in [2.24, 2.45) is 0 Å². The summed E-state index contributed by atoms with van der Waals surface area (Å²) in [6, 6.07) is 5.63. The molecule has 2 rings (SSSR count). The lowest BCUT2D eigenvalue weighted by atomic mass is 10.3. The van der Waals surface area contributed by atoms with Crippen molar-refractivity contribution in [2.45, 2.75) is 26.6 Å². The maximum atomic E-state index is 12.1. The first-order chi connectivity index (χ1) is 8.87. The average molecular weight is 292 g/mol. The second-order valence-corrected chi connectivity index (χ2v) is 10.6. The zero-order chi connectivity index (χ0) is 14.0. The third-order valence-corrected chi connectivity index (χ3v) is 4.22. The molecule has 0 fully saturated rings. The van der Waals surface area contributed by atoms with Gasteiger partial charge in [0.05, 0.1) is 11.4 Å². The van der Waals surface area contributed by atoms with Crippen molar-refractivity contribution in [1.29, 1.82) is 0 Å². The Balaban J connectivity index is 2.30. The summed E-state index contributed by atoms with van der Waals surface area (Å²) in [6.07, 6.45) is 1.71. The number of nitrogens with zero attached hydrogens (tertiary/aromatic N) is 2. The summed E-state index contributed by atoms with van der Waals surface area (Å²) in [7, 11) is -1.88. The molecule has 4 nitrogen and oxygen atoms in total. The summed E-state index contributed by atoms with van der Waals surface area (Å²) in [6.45, 7) is 7.78. The van der Waals surface area contributed by atoms with E-state index in [1.54, 1.807) is 6.20 Å². The fraction of sp³-hybridized carbons (Fsp3) is 0.308. The van der Waals surface area contributed by atoms with Crippen molar-refractivity contribution in [3.05, 3.63) is 35.0 Å².